The summed E-state index contributed by atoms with van der Waals surface area (Å²) in [5.41, 5.74) is 1.85. The number of hydrogen-bond donors (Lipinski definition) is 1. The van der Waals surface area contributed by atoms with Gasteiger partial charge in [-0.15, -0.1) is 0 Å². The van der Waals surface area contributed by atoms with E-state index in [0.717, 1.165) is 12.1 Å². The Labute approximate surface area is 173 Å². The Morgan fingerprint density at radius 1 is 1.25 bits per heavy atom. The molecule has 0 saturated carbocycles. The minimum absolute atomic E-state index is 0.167. The summed E-state index contributed by atoms with van der Waals surface area (Å²) in [4.78, 5) is 19.6. The number of rotatable bonds is 4. The lowest BCUT2D eigenvalue weighted by Crippen LogP contribution is -2.48. The van der Waals surface area contributed by atoms with Gasteiger partial charge in [-0.05, 0) is 36.9 Å². The number of carbonyl (C=O) groups is 1. The number of nitrogens with zero attached hydrogens (tertiary/aromatic N) is 3. The number of morpholine rings is 1. The van der Waals surface area contributed by atoms with Gasteiger partial charge in [0.25, 0.3) is 5.91 Å². The van der Waals surface area contributed by atoms with E-state index in [9.17, 15) is 4.79 Å². The lowest BCUT2D eigenvalue weighted by Gasteiger charge is -2.35. The van der Waals surface area contributed by atoms with Gasteiger partial charge in [-0.25, -0.2) is 4.98 Å². The Hall–Kier alpha value is -2.12. The predicted molar refractivity (Wildman–Crippen MR) is 109 cm³/mol. The van der Waals surface area contributed by atoms with Crippen LogP contribution in [0.1, 0.15) is 22.1 Å². The molecule has 1 aliphatic heterocycles. The zero-order valence-corrected chi connectivity index (χ0v) is 16.8. The second kappa shape index (κ2) is 8.09. The number of benzene rings is 1. The second-order valence-electron chi connectivity index (χ2n) is 6.85. The van der Waals surface area contributed by atoms with E-state index in [1.54, 1.807) is 16.7 Å². The quantitative estimate of drug-likeness (QED) is 0.704. The summed E-state index contributed by atoms with van der Waals surface area (Å²) < 4.78 is 7.67. The number of pyridine rings is 1. The van der Waals surface area contributed by atoms with E-state index in [2.05, 4.69) is 15.2 Å². The fourth-order valence-corrected chi connectivity index (χ4v) is 3.84. The Kier molecular flexibility index (Phi) is 5.55. The molecule has 2 atom stereocenters. The van der Waals surface area contributed by atoms with Crippen LogP contribution in [0.3, 0.4) is 0 Å². The van der Waals surface area contributed by atoms with Gasteiger partial charge in [-0.2, -0.15) is 0 Å². The van der Waals surface area contributed by atoms with Gasteiger partial charge >= 0.3 is 0 Å². The van der Waals surface area contributed by atoms with Gasteiger partial charge in [-0.1, -0.05) is 41.4 Å². The highest BCUT2D eigenvalue weighted by Gasteiger charge is 2.31. The molecule has 2 aromatic heterocycles. The van der Waals surface area contributed by atoms with Crippen LogP contribution in [0.2, 0.25) is 10.2 Å². The molecule has 28 heavy (non-hydrogen) atoms. The van der Waals surface area contributed by atoms with Gasteiger partial charge in [-0.3, -0.25) is 9.20 Å². The summed E-state index contributed by atoms with van der Waals surface area (Å²) in [7, 11) is 2.04. The molecule has 1 fully saturated rings. The highest BCUT2D eigenvalue weighted by Crippen LogP contribution is 2.25. The number of likely N-dealkylation sites (N-methyl/N-ethyl adjacent to an activating group) is 1. The molecule has 1 aromatic carbocycles. The van der Waals surface area contributed by atoms with Gasteiger partial charge < -0.3 is 15.0 Å². The zero-order chi connectivity index (χ0) is 19.7. The number of aromatic nitrogens is 2. The third kappa shape index (κ3) is 3.86. The molecule has 4 rings (SSSR count). The van der Waals surface area contributed by atoms with Crippen LogP contribution in [0.25, 0.3) is 5.65 Å². The topological polar surface area (TPSA) is 58.9 Å². The summed E-state index contributed by atoms with van der Waals surface area (Å²) in [5, 5.41) is 3.91. The van der Waals surface area contributed by atoms with Gasteiger partial charge in [0.1, 0.15) is 5.65 Å². The monoisotopic (exact) mass is 418 g/mol. The molecule has 0 spiro atoms. The summed E-state index contributed by atoms with van der Waals surface area (Å²) in [5.74, 6) is -0.305. The van der Waals surface area contributed by atoms with Crippen molar-refractivity contribution in [3.8, 4) is 0 Å². The van der Waals surface area contributed by atoms with E-state index in [-0.39, 0.29) is 23.2 Å². The summed E-state index contributed by atoms with van der Waals surface area (Å²) in [6.07, 6.45) is 1.58. The van der Waals surface area contributed by atoms with E-state index in [1.807, 2.05) is 43.4 Å². The Morgan fingerprint density at radius 3 is 2.79 bits per heavy atom. The third-order valence-corrected chi connectivity index (χ3v) is 5.40. The smallest absolute Gasteiger partial charge is 0.272 e. The first-order chi connectivity index (χ1) is 13.5. The molecule has 3 heterocycles. The molecule has 3 aromatic rings. The Morgan fingerprint density at radius 2 is 2.04 bits per heavy atom. The average Bonchev–Trinajstić information content (AvgIpc) is 3.02. The van der Waals surface area contributed by atoms with Crippen LogP contribution in [0.4, 0.5) is 0 Å². The van der Waals surface area contributed by atoms with Gasteiger partial charge in [0.2, 0.25) is 0 Å². The third-order valence-electron chi connectivity index (χ3n) is 4.89. The Bertz CT molecular complexity index is 990. The fourth-order valence-electron chi connectivity index (χ4n) is 3.45. The lowest BCUT2D eigenvalue weighted by molar-refractivity contribution is -0.0381. The fraction of sp³-hybridized carbons (Fsp3) is 0.300. The van der Waals surface area contributed by atoms with Crippen molar-refractivity contribution in [1.82, 2.24) is 19.6 Å². The molecule has 1 N–H and O–H groups in total. The molecule has 0 aliphatic carbocycles. The maximum Gasteiger partial charge on any atom is 0.272 e. The molecule has 0 radical (unpaired) electrons. The minimum atomic E-state index is -0.349. The number of carbonyl (C=O) groups excluding carboxylic acids is 1. The number of nitrogens with one attached hydrogen (secondary N) is 1. The maximum atomic E-state index is 13.2. The molecule has 8 heteroatoms. The van der Waals surface area contributed by atoms with Crippen LogP contribution in [0.15, 0.2) is 48.7 Å². The van der Waals surface area contributed by atoms with Crippen LogP contribution >= 0.6 is 23.2 Å². The van der Waals surface area contributed by atoms with Crippen LogP contribution < -0.4 is 5.32 Å². The van der Waals surface area contributed by atoms with Gasteiger partial charge in [0.05, 0.1) is 18.8 Å². The number of amides is 1. The van der Waals surface area contributed by atoms with Crippen LogP contribution in [0, 0.1) is 0 Å². The van der Waals surface area contributed by atoms with Crippen molar-refractivity contribution >= 4 is 34.8 Å². The van der Waals surface area contributed by atoms with Crippen molar-refractivity contribution in [2.24, 2.45) is 0 Å². The van der Waals surface area contributed by atoms with Crippen molar-refractivity contribution in [3.63, 3.8) is 0 Å². The van der Waals surface area contributed by atoms with Crippen molar-refractivity contribution in [3.05, 3.63) is 70.1 Å². The largest absolute Gasteiger partial charge is 0.373 e. The predicted octanol–water partition coefficient (Wildman–Crippen LogP) is 3.44. The Balaban J connectivity index is 1.67. The number of hydrogen-bond acceptors (Lipinski definition) is 4. The van der Waals surface area contributed by atoms with Crippen LogP contribution in [-0.4, -0.2) is 53.0 Å². The zero-order valence-electron chi connectivity index (χ0n) is 15.3. The normalized spacial score (nSPS) is 18.9. The highest BCUT2D eigenvalue weighted by atomic mass is 35.5. The summed E-state index contributed by atoms with van der Waals surface area (Å²) in [6, 6.07) is 12.6. The van der Waals surface area contributed by atoms with Gasteiger partial charge in [0.15, 0.2) is 10.8 Å². The standard InChI is InChI=1S/C20H20Cl2N4O2/c1-25-10-11-28-15(12-25)17(13-5-7-14(21)8-6-13)24-20(27)18-19(22)23-16-4-2-3-9-26(16)18/h2-9,15,17H,10-12H2,1H3,(H,24,27)/t15-,17-/m1/s1. The summed E-state index contributed by atoms with van der Waals surface area (Å²) >= 11 is 12.3. The van der Waals surface area contributed by atoms with E-state index in [1.165, 1.54) is 0 Å². The molecule has 0 unspecified atom stereocenters. The molecule has 6 nitrogen and oxygen atoms in total. The second-order valence-corrected chi connectivity index (χ2v) is 7.65. The molecular formula is C20H20Cl2N4O2. The molecule has 1 amide bonds. The number of ether oxygens (including phenoxy) is 1. The number of halogens is 2. The summed E-state index contributed by atoms with van der Waals surface area (Å²) in [6.45, 7) is 2.17. The van der Waals surface area contributed by atoms with E-state index >= 15 is 0 Å². The molecular weight excluding hydrogens is 399 g/mol. The molecule has 0 bridgehead atoms. The highest BCUT2D eigenvalue weighted by molar-refractivity contribution is 6.32. The molecule has 1 aliphatic rings. The van der Waals surface area contributed by atoms with E-state index < -0.39 is 0 Å². The number of imidazole rings is 1. The van der Waals surface area contributed by atoms with Crippen LogP contribution in [-0.2, 0) is 4.74 Å². The lowest BCUT2D eigenvalue weighted by atomic mass is 9.99. The van der Waals surface area contributed by atoms with E-state index in [0.29, 0.717) is 29.5 Å². The van der Waals surface area contributed by atoms with Crippen molar-refractivity contribution in [2.45, 2.75) is 12.1 Å². The van der Waals surface area contributed by atoms with Gasteiger partial charge in [0, 0.05) is 24.3 Å². The first-order valence-corrected chi connectivity index (χ1v) is 9.77. The first-order valence-electron chi connectivity index (χ1n) is 9.02. The van der Waals surface area contributed by atoms with E-state index in [4.69, 9.17) is 27.9 Å². The maximum absolute atomic E-state index is 13.2. The van der Waals surface area contributed by atoms with Crippen LogP contribution in [0.5, 0.6) is 0 Å². The number of fused-ring (bicyclic) bond motifs is 1. The average molecular weight is 419 g/mol. The molecule has 146 valence electrons. The molecule has 1 saturated heterocycles. The first kappa shape index (κ1) is 19.2. The van der Waals surface area contributed by atoms with Crippen molar-refractivity contribution in [1.29, 1.82) is 0 Å². The minimum Gasteiger partial charge on any atom is -0.373 e. The van der Waals surface area contributed by atoms with Crippen molar-refractivity contribution in [2.75, 3.05) is 26.7 Å². The van der Waals surface area contributed by atoms with Crippen molar-refractivity contribution < 1.29 is 9.53 Å². The SMILES string of the molecule is CN1CCO[C@@H]([C@H](NC(=O)c2c(Cl)nc3ccccn23)c2ccc(Cl)cc2)C1.